The lowest BCUT2D eigenvalue weighted by Crippen LogP contribution is -2.46. The molecular formula is C18H25N3O. The van der Waals surface area contributed by atoms with Crippen LogP contribution in [0, 0.1) is 23.7 Å². The van der Waals surface area contributed by atoms with Gasteiger partial charge in [-0.3, -0.25) is 9.69 Å². The fraction of sp³-hybridized carbons (Fsp3) is 0.556. The summed E-state index contributed by atoms with van der Waals surface area (Å²) in [7, 11) is 3.89. The second-order valence-electron chi connectivity index (χ2n) is 6.72. The number of nitriles is 1. The molecule has 4 heteroatoms. The predicted molar refractivity (Wildman–Crippen MR) is 87.1 cm³/mol. The maximum atomic E-state index is 13.0. The van der Waals surface area contributed by atoms with E-state index in [1.165, 1.54) is 0 Å². The van der Waals surface area contributed by atoms with E-state index in [9.17, 15) is 10.1 Å². The van der Waals surface area contributed by atoms with Crippen LogP contribution >= 0.6 is 0 Å². The highest BCUT2D eigenvalue weighted by Crippen LogP contribution is 2.32. The van der Waals surface area contributed by atoms with E-state index in [4.69, 9.17) is 0 Å². The third kappa shape index (κ3) is 3.31. The van der Waals surface area contributed by atoms with E-state index >= 15 is 0 Å². The van der Waals surface area contributed by atoms with Gasteiger partial charge >= 0.3 is 0 Å². The number of likely N-dealkylation sites (N-methyl/N-ethyl adjacent to an activating group) is 1. The van der Waals surface area contributed by atoms with Crippen molar-refractivity contribution >= 4 is 5.91 Å². The molecule has 1 unspecified atom stereocenters. The fourth-order valence-corrected chi connectivity index (χ4v) is 3.03. The van der Waals surface area contributed by atoms with Crippen molar-refractivity contribution in [2.45, 2.75) is 32.7 Å². The summed E-state index contributed by atoms with van der Waals surface area (Å²) in [4.78, 5) is 16.9. The quantitative estimate of drug-likeness (QED) is 0.862. The number of piperidine rings is 1. The third-order valence-corrected chi connectivity index (χ3v) is 4.68. The highest BCUT2D eigenvalue weighted by molar-refractivity contribution is 5.83. The standard InChI is InChI=1S/C18H25N3O/c1-14-7-5-6-8-15(14)16(20(3)4)17(22)21-11-9-18(2,13-19)10-12-21/h5-8,16H,9-12H2,1-4H3. The van der Waals surface area contributed by atoms with E-state index in [2.05, 4.69) is 6.07 Å². The van der Waals surface area contributed by atoms with Gasteiger partial charge in [0.1, 0.15) is 6.04 Å². The number of aryl methyl sites for hydroxylation is 1. The number of likely N-dealkylation sites (tertiary alicyclic amines) is 1. The molecule has 1 aliphatic heterocycles. The number of hydrogen-bond donors (Lipinski definition) is 0. The van der Waals surface area contributed by atoms with Crippen molar-refractivity contribution in [1.29, 1.82) is 5.26 Å². The van der Waals surface area contributed by atoms with E-state index in [0.717, 1.165) is 24.0 Å². The number of benzene rings is 1. The fourth-order valence-electron chi connectivity index (χ4n) is 3.03. The van der Waals surface area contributed by atoms with Crippen molar-refractivity contribution in [3.8, 4) is 6.07 Å². The van der Waals surface area contributed by atoms with Crippen LogP contribution in [0.3, 0.4) is 0 Å². The molecule has 22 heavy (non-hydrogen) atoms. The summed E-state index contributed by atoms with van der Waals surface area (Å²) in [6, 6.07) is 10.2. The Morgan fingerprint density at radius 2 is 1.91 bits per heavy atom. The first-order valence-electron chi connectivity index (χ1n) is 7.80. The monoisotopic (exact) mass is 299 g/mol. The molecule has 1 saturated heterocycles. The molecule has 4 nitrogen and oxygen atoms in total. The van der Waals surface area contributed by atoms with Gasteiger partial charge in [-0.25, -0.2) is 0 Å². The van der Waals surface area contributed by atoms with Crippen molar-refractivity contribution in [1.82, 2.24) is 9.80 Å². The Labute approximate surface area is 133 Å². The van der Waals surface area contributed by atoms with Gasteiger partial charge in [0.2, 0.25) is 5.91 Å². The van der Waals surface area contributed by atoms with Crippen LogP contribution in [0.1, 0.15) is 36.9 Å². The zero-order chi connectivity index (χ0) is 16.3. The predicted octanol–water partition coefficient (Wildman–Crippen LogP) is 2.75. The molecule has 0 spiro atoms. The summed E-state index contributed by atoms with van der Waals surface area (Å²) < 4.78 is 0. The lowest BCUT2D eigenvalue weighted by Gasteiger charge is -2.38. The molecule has 0 aliphatic carbocycles. The van der Waals surface area contributed by atoms with Gasteiger partial charge in [-0.1, -0.05) is 24.3 Å². The zero-order valence-electron chi connectivity index (χ0n) is 14.0. The summed E-state index contributed by atoms with van der Waals surface area (Å²) in [5, 5.41) is 9.23. The number of carbonyl (C=O) groups is 1. The molecule has 1 heterocycles. The molecule has 1 atom stereocenters. The zero-order valence-corrected chi connectivity index (χ0v) is 14.0. The molecule has 0 aromatic heterocycles. The normalized spacial score (nSPS) is 18.8. The van der Waals surface area contributed by atoms with E-state index in [1.54, 1.807) is 0 Å². The van der Waals surface area contributed by atoms with Crippen molar-refractivity contribution in [2.24, 2.45) is 5.41 Å². The summed E-state index contributed by atoms with van der Waals surface area (Å²) in [5.74, 6) is 0.138. The van der Waals surface area contributed by atoms with Crippen LogP contribution in [0.2, 0.25) is 0 Å². The maximum Gasteiger partial charge on any atom is 0.244 e. The molecule has 0 radical (unpaired) electrons. The number of nitrogens with zero attached hydrogens (tertiary/aromatic N) is 3. The van der Waals surface area contributed by atoms with Crippen LogP contribution < -0.4 is 0 Å². The minimum absolute atomic E-state index is 0.138. The first-order valence-corrected chi connectivity index (χ1v) is 7.80. The van der Waals surface area contributed by atoms with Gasteiger partial charge in [-0.2, -0.15) is 5.26 Å². The molecule has 1 aromatic carbocycles. The Kier molecular flexibility index (Phi) is 4.87. The molecule has 2 rings (SSSR count). The molecule has 0 N–H and O–H groups in total. The third-order valence-electron chi connectivity index (χ3n) is 4.68. The van der Waals surface area contributed by atoms with Crippen LogP contribution in [0.4, 0.5) is 0 Å². The van der Waals surface area contributed by atoms with Crippen LogP contribution in [0.25, 0.3) is 0 Å². The average Bonchev–Trinajstić information content (AvgIpc) is 2.50. The molecule has 0 bridgehead atoms. The minimum Gasteiger partial charge on any atom is -0.341 e. The van der Waals surface area contributed by atoms with Gasteiger partial charge in [0.25, 0.3) is 0 Å². The molecule has 1 aromatic rings. The molecule has 1 fully saturated rings. The van der Waals surface area contributed by atoms with Crippen molar-refractivity contribution in [2.75, 3.05) is 27.2 Å². The Morgan fingerprint density at radius 3 is 2.41 bits per heavy atom. The second-order valence-corrected chi connectivity index (χ2v) is 6.72. The van der Waals surface area contributed by atoms with Crippen molar-refractivity contribution in [3.05, 3.63) is 35.4 Å². The molecular weight excluding hydrogens is 274 g/mol. The van der Waals surface area contributed by atoms with Crippen molar-refractivity contribution < 1.29 is 4.79 Å². The first-order chi connectivity index (χ1) is 10.4. The van der Waals surface area contributed by atoms with Crippen LogP contribution in [-0.4, -0.2) is 42.9 Å². The summed E-state index contributed by atoms with van der Waals surface area (Å²) in [5.41, 5.74) is 1.91. The highest BCUT2D eigenvalue weighted by atomic mass is 16.2. The van der Waals surface area contributed by atoms with Gasteiger partial charge in [-0.05, 0) is 51.9 Å². The number of hydrogen-bond acceptors (Lipinski definition) is 3. The average molecular weight is 299 g/mol. The number of rotatable bonds is 3. The van der Waals surface area contributed by atoms with E-state index < -0.39 is 0 Å². The SMILES string of the molecule is Cc1ccccc1C(C(=O)N1CCC(C)(C#N)CC1)N(C)C. The second kappa shape index (κ2) is 6.50. The maximum absolute atomic E-state index is 13.0. The topological polar surface area (TPSA) is 47.3 Å². The number of amides is 1. The van der Waals surface area contributed by atoms with Gasteiger partial charge in [0.15, 0.2) is 0 Å². The lowest BCUT2D eigenvalue weighted by molar-refractivity contribution is -0.138. The van der Waals surface area contributed by atoms with E-state index in [1.807, 2.05) is 62.0 Å². The van der Waals surface area contributed by atoms with Crippen LogP contribution in [0.5, 0.6) is 0 Å². The highest BCUT2D eigenvalue weighted by Gasteiger charge is 2.35. The van der Waals surface area contributed by atoms with Gasteiger partial charge in [0, 0.05) is 13.1 Å². The Morgan fingerprint density at radius 1 is 1.32 bits per heavy atom. The van der Waals surface area contributed by atoms with Crippen LogP contribution in [0.15, 0.2) is 24.3 Å². The molecule has 1 amide bonds. The smallest absolute Gasteiger partial charge is 0.244 e. The van der Waals surface area contributed by atoms with Crippen LogP contribution in [-0.2, 0) is 4.79 Å². The summed E-state index contributed by atoms with van der Waals surface area (Å²) in [6.45, 7) is 5.36. The largest absolute Gasteiger partial charge is 0.341 e. The van der Waals surface area contributed by atoms with Crippen molar-refractivity contribution in [3.63, 3.8) is 0 Å². The van der Waals surface area contributed by atoms with E-state index in [0.29, 0.717) is 13.1 Å². The molecule has 1 aliphatic rings. The molecule has 0 saturated carbocycles. The van der Waals surface area contributed by atoms with E-state index in [-0.39, 0.29) is 17.4 Å². The lowest BCUT2D eigenvalue weighted by atomic mass is 9.82. The van der Waals surface area contributed by atoms with Gasteiger partial charge in [0.05, 0.1) is 11.5 Å². The Bertz CT molecular complexity index is 580. The Hall–Kier alpha value is -1.86. The molecule has 118 valence electrons. The first kappa shape index (κ1) is 16.5. The minimum atomic E-state index is -0.285. The summed E-state index contributed by atoms with van der Waals surface area (Å²) in [6.07, 6.45) is 1.51. The summed E-state index contributed by atoms with van der Waals surface area (Å²) >= 11 is 0. The Balaban J connectivity index is 2.19. The number of carbonyl (C=O) groups excluding carboxylic acids is 1. The van der Waals surface area contributed by atoms with Gasteiger partial charge in [-0.15, -0.1) is 0 Å². The van der Waals surface area contributed by atoms with Gasteiger partial charge < -0.3 is 4.90 Å².